The molecule has 0 unspecified atom stereocenters. The highest BCUT2D eigenvalue weighted by molar-refractivity contribution is 5.71. The molecule has 0 fully saturated rings. The maximum absolute atomic E-state index is 12.8. The van der Waals surface area contributed by atoms with Crippen LogP contribution in [0.1, 0.15) is 226 Å². The van der Waals surface area contributed by atoms with Crippen molar-refractivity contribution in [3.05, 3.63) is 122 Å². The van der Waals surface area contributed by atoms with Gasteiger partial charge in [-0.3, -0.25) is 14.4 Å². The maximum Gasteiger partial charge on any atom is 0.306 e. The summed E-state index contributed by atoms with van der Waals surface area (Å²) in [5, 5.41) is 0. The van der Waals surface area contributed by atoms with E-state index in [4.69, 9.17) is 14.2 Å². The molecule has 0 bridgehead atoms. The molecular formula is C61H98O6. The van der Waals surface area contributed by atoms with Crippen LogP contribution in [0.3, 0.4) is 0 Å². The van der Waals surface area contributed by atoms with Gasteiger partial charge in [0.15, 0.2) is 6.10 Å². The molecule has 0 amide bonds. The predicted molar refractivity (Wildman–Crippen MR) is 288 cm³/mol. The normalized spacial score (nSPS) is 13.1. The van der Waals surface area contributed by atoms with Gasteiger partial charge in [-0.15, -0.1) is 0 Å². The highest BCUT2D eigenvalue weighted by Crippen LogP contribution is 2.12. The van der Waals surface area contributed by atoms with Crippen molar-refractivity contribution in [1.82, 2.24) is 0 Å². The second kappa shape index (κ2) is 54.4. The van der Waals surface area contributed by atoms with Crippen molar-refractivity contribution in [1.29, 1.82) is 0 Å². The zero-order valence-corrected chi connectivity index (χ0v) is 43.1. The van der Waals surface area contributed by atoms with Crippen molar-refractivity contribution >= 4 is 17.9 Å². The van der Waals surface area contributed by atoms with E-state index in [2.05, 4.69) is 142 Å². The van der Waals surface area contributed by atoms with Crippen molar-refractivity contribution in [2.75, 3.05) is 13.2 Å². The lowest BCUT2D eigenvalue weighted by molar-refractivity contribution is -0.167. The molecule has 0 N–H and O–H groups in total. The minimum Gasteiger partial charge on any atom is -0.462 e. The highest BCUT2D eigenvalue weighted by Gasteiger charge is 2.19. The Bertz CT molecular complexity index is 1440. The topological polar surface area (TPSA) is 78.9 Å². The second-order valence-corrected chi connectivity index (χ2v) is 17.4. The third-order valence-corrected chi connectivity index (χ3v) is 10.9. The molecule has 0 aliphatic rings. The Morgan fingerprint density at radius 1 is 0.313 bits per heavy atom. The molecule has 0 aromatic rings. The van der Waals surface area contributed by atoms with Gasteiger partial charge in [0.1, 0.15) is 13.2 Å². The SMILES string of the molecule is CC/C=C\C/C=C\C/C=C\C/C=C\C/C=C\CCCCCC(=O)OC[C@H](COC(=O)CCCCC/C=C\C/C=C\C/C=C\C/C=C\CCCCC)OC(=O)CCCCCCC/C=C\CCCC. The van der Waals surface area contributed by atoms with Gasteiger partial charge in [-0.1, -0.05) is 200 Å². The Labute approximate surface area is 412 Å². The summed E-state index contributed by atoms with van der Waals surface area (Å²) in [4.78, 5) is 38.0. The third kappa shape index (κ3) is 52.6. The first kappa shape index (κ1) is 62.8. The van der Waals surface area contributed by atoms with Gasteiger partial charge < -0.3 is 14.2 Å². The number of ether oxygens (including phenoxy) is 3. The van der Waals surface area contributed by atoms with Gasteiger partial charge in [-0.25, -0.2) is 0 Å². The Morgan fingerprint density at radius 2 is 0.597 bits per heavy atom. The number of hydrogen-bond donors (Lipinski definition) is 0. The largest absolute Gasteiger partial charge is 0.462 e. The van der Waals surface area contributed by atoms with Gasteiger partial charge >= 0.3 is 17.9 Å². The van der Waals surface area contributed by atoms with Crippen molar-refractivity contribution in [2.24, 2.45) is 0 Å². The Hall–Kier alpha value is -4.19. The number of hydrogen-bond acceptors (Lipinski definition) is 6. The lowest BCUT2D eigenvalue weighted by atomic mass is 10.1. The van der Waals surface area contributed by atoms with Crippen LogP contribution in [-0.2, 0) is 28.6 Å². The fraction of sp³-hybridized carbons (Fsp3) is 0.623. The number of carbonyl (C=O) groups excluding carboxylic acids is 3. The summed E-state index contributed by atoms with van der Waals surface area (Å²) >= 11 is 0. The summed E-state index contributed by atoms with van der Waals surface area (Å²) in [6.07, 6.45) is 74.7. The quantitative estimate of drug-likeness (QED) is 0.0262. The molecule has 0 saturated heterocycles. The number of carbonyl (C=O) groups is 3. The molecule has 378 valence electrons. The summed E-state index contributed by atoms with van der Waals surface area (Å²) in [6.45, 7) is 6.38. The van der Waals surface area contributed by atoms with Gasteiger partial charge in [-0.2, -0.15) is 0 Å². The zero-order chi connectivity index (χ0) is 48.6. The molecule has 0 aromatic heterocycles. The van der Waals surface area contributed by atoms with E-state index in [-0.39, 0.29) is 31.1 Å². The Kier molecular flexibility index (Phi) is 51.0. The van der Waals surface area contributed by atoms with E-state index in [1.165, 1.54) is 51.4 Å². The van der Waals surface area contributed by atoms with Gasteiger partial charge in [0.25, 0.3) is 0 Å². The standard InChI is InChI=1S/C61H98O6/c1-4-7-10-13-16-19-22-24-26-28-30-32-34-36-39-41-44-47-50-53-59(62)65-56-58(67-61(64)55-52-49-46-43-38-21-18-15-12-9-6-3)57-66-60(63)54-51-48-45-42-40-37-35-33-31-29-27-25-23-20-17-14-11-8-5-2/h7,10,15-20,24-27,30-33,36-37,39-40,58H,4-6,8-9,11-14,21-23,28-29,34-35,38,41-57H2,1-3H3/b10-7-,18-15-,19-16-,20-17-,26-24-,27-25-,32-30-,33-31-,39-36-,40-37-/t58-/m1/s1. The van der Waals surface area contributed by atoms with E-state index in [1.54, 1.807) is 0 Å². The molecule has 67 heavy (non-hydrogen) atoms. The predicted octanol–water partition coefficient (Wildman–Crippen LogP) is 18.1. The van der Waals surface area contributed by atoms with Crippen molar-refractivity contribution in [3.63, 3.8) is 0 Å². The molecule has 0 aromatic carbocycles. The molecule has 6 nitrogen and oxygen atoms in total. The average Bonchev–Trinajstić information content (AvgIpc) is 3.33. The maximum atomic E-state index is 12.8. The van der Waals surface area contributed by atoms with Crippen molar-refractivity contribution < 1.29 is 28.6 Å². The Morgan fingerprint density at radius 3 is 0.985 bits per heavy atom. The molecule has 6 heteroatoms. The molecule has 0 rings (SSSR count). The summed E-state index contributed by atoms with van der Waals surface area (Å²) in [5.74, 6) is -0.989. The molecular weight excluding hydrogens is 829 g/mol. The number of rotatable bonds is 47. The first-order chi connectivity index (χ1) is 33.0. The van der Waals surface area contributed by atoms with Crippen LogP contribution in [0, 0.1) is 0 Å². The summed E-state index contributed by atoms with van der Waals surface area (Å²) in [7, 11) is 0. The minimum absolute atomic E-state index is 0.112. The van der Waals surface area contributed by atoms with E-state index in [1.807, 2.05) is 0 Å². The smallest absolute Gasteiger partial charge is 0.306 e. The fourth-order valence-electron chi connectivity index (χ4n) is 6.84. The number of allylic oxidation sites excluding steroid dienone is 20. The molecule has 0 aliphatic carbocycles. The van der Waals surface area contributed by atoms with E-state index >= 15 is 0 Å². The average molecular weight is 927 g/mol. The monoisotopic (exact) mass is 927 g/mol. The zero-order valence-electron chi connectivity index (χ0n) is 43.1. The first-order valence-electron chi connectivity index (χ1n) is 27.0. The Balaban J connectivity index is 4.48. The summed E-state index contributed by atoms with van der Waals surface area (Å²) in [5.41, 5.74) is 0. The van der Waals surface area contributed by atoms with Crippen LogP contribution in [-0.4, -0.2) is 37.2 Å². The van der Waals surface area contributed by atoms with Crippen LogP contribution in [0.2, 0.25) is 0 Å². The van der Waals surface area contributed by atoms with Crippen LogP contribution < -0.4 is 0 Å². The van der Waals surface area contributed by atoms with Crippen LogP contribution in [0.15, 0.2) is 122 Å². The highest BCUT2D eigenvalue weighted by atomic mass is 16.6. The van der Waals surface area contributed by atoms with E-state index in [9.17, 15) is 14.4 Å². The summed E-state index contributed by atoms with van der Waals surface area (Å²) in [6, 6.07) is 0. The van der Waals surface area contributed by atoms with Gasteiger partial charge in [0, 0.05) is 19.3 Å². The van der Waals surface area contributed by atoms with Gasteiger partial charge in [0.05, 0.1) is 0 Å². The molecule has 0 heterocycles. The van der Waals surface area contributed by atoms with Crippen LogP contribution >= 0.6 is 0 Å². The van der Waals surface area contributed by atoms with E-state index < -0.39 is 6.10 Å². The van der Waals surface area contributed by atoms with Crippen LogP contribution in [0.4, 0.5) is 0 Å². The number of unbranched alkanes of at least 4 members (excludes halogenated alkanes) is 16. The van der Waals surface area contributed by atoms with Crippen molar-refractivity contribution in [2.45, 2.75) is 232 Å². The lowest BCUT2D eigenvalue weighted by Gasteiger charge is -2.18. The minimum atomic E-state index is -0.812. The number of esters is 3. The van der Waals surface area contributed by atoms with Gasteiger partial charge in [-0.05, 0) is 128 Å². The molecule has 0 saturated carbocycles. The van der Waals surface area contributed by atoms with E-state index in [0.29, 0.717) is 19.3 Å². The fourth-order valence-corrected chi connectivity index (χ4v) is 6.84. The summed E-state index contributed by atoms with van der Waals surface area (Å²) < 4.78 is 16.7. The van der Waals surface area contributed by atoms with Crippen LogP contribution in [0.5, 0.6) is 0 Å². The molecule has 0 spiro atoms. The first-order valence-corrected chi connectivity index (χ1v) is 27.0. The third-order valence-electron chi connectivity index (χ3n) is 10.9. The molecule has 1 atom stereocenters. The molecule has 0 aliphatic heterocycles. The van der Waals surface area contributed by atoms with Crippen molar-refractivity contribution in [3.8, 4) is 0 Å². The van der Waals surface area contributed by atoms with Gasteiger partial charge in [0.2, 0.25) is 0 Å². The lowest BCUT2D eigenvalue weighted by Crippen LogP contribution is -2.30. The molecule has 0 radical (unpaired) electrons. The second-order valence-electron chi connectivity index (χ2n) is 17.4. The van der Waals surface area contributed by atoms with E-state index in [0.717, 1.165) is 135 Å². The van der Waals surface area contributed by atoms with Crippen LogP contribution in [0.25, 0.3) is 0 Å².